The van der Waals surface area contributed by atoms with E-state index in [1.807, 2.05) is 3.67 Å². The van der Waals surface area contributed by atoms with Crippen LogP contribution in [-0.2, 0) is 0 Å². The molecule has 0 saturated carbocycles. The summed E-state index contributed by atoms with van der Waals surface area (Å²) < 4.78 is 5.65. The average Bonchev–Trinajstić information content (AvgIpc) is 3.06. The summed E-state index contributed by atoms with van der Waals surface area (Å²) in [6.07, 6.45) is 0. The molecule has 0 N–H and O–H groups in total. The Morgan fingerprint density at radius 2 is 0.607 bits per heavy atom. The number of hydrogen-bond acceptors (Lipinski definition) is 0. The first kappa shape index (κ1) is 22.5. The molecule has 0 heterocycles. The van der Waals surface area contributed by atoms with Gasteiger partial charge in [-0.3, -0.25) is 0 Å². The van der Waals surface area contributed by atoms with Crippen LogP contribution in [0.4, 0.5) is 0 Å². The van der Waals surface area contributed by atoms with Gasteiger partial charge in [0.15, 0.2) is 0 Å². The Hall–Kier alpha value is -0.209. The fourth-order valence-corrected chi connectivity index (χ4v) is 20.2. The summed E-state index contributed by atoms with van der Waals surface area (Å²) in [6.45, 7) is 28.9. The van der Waals surface area contributed by atoms with Crippen molar-refractivity contribution < 1.29 is 34.6 Å². The summed E-state index contributed by atoms with van der Waals surface area (Å²) in [5, 5.41) is 0. The van der Waals surface area contributed by atoms with Gasteiger partial charge in [0.2, 0.25) is 0 Å². The zero-order valence-electron chi connectivity index (χ0n) is 20.2. The molecule has 3 aliphatic rings. The van der Waals surface area contributed by atoms with Crippen LogP contribution in [0, 0.1) is 52.4 Å². The Morgan fingerprint density at radius 3 is 0.750 bits per heavy atom. The third-order valence-corrected chi connectivity index (χ3v) is 21.7. The first-order chi connectivity index (χ1) is 12.9. The molecule has 3 aliphatic carbocycles. The van der Waals surface area contributed by atoms with Crippen LogP contribution in [0.15, 0.2) is 53.8 Å². The standard InChI is InChI=1S/3C9H13.Nd/c3*1-6-5-7(2)9(4)8(6)3;/h3*6H,1-4H3;. The Kier molecular flexibility index (Phi) is 6.26. The molecule has 0 aromatic heterocycles. The number of rotatable bonds is 3. The Morgan fingerprint density at radius 1 is 0.393 bits per heavy atom. The van der Waals surface area contributed by atoms with Crippen molar-refractivity contribution in [1.82, 2.24) is 0 Å². The average molecular weight is 508 g/mol. The Balaban J connectivity index is 2.29. The van der Waals surface area contributed by atoms with Gasteiger partial charge in [0.05, 0.1) is 0 Å². The minimum atomic E-state index is -2.46. The minimum absolute atomic E-state index is 0.629. The summed E-state index contributed by atoms with van der Waals surface area (Å²) in [6, 6.07) is 0. The maximum absolute atomic E-state index is 2.49. The predicted octanol–water partition coefficient (Wildman–Crippen LogP) is 8.39. The van der Waals surface area contributed by atoms with Crippen LogP contribution in [-0.4, -0.2) is 0 Å². The van der Waals surface area contributed by atoms with Crippen LogP contribution >= 0.6 is 0 Å². The van der Waals surface area contributed by atoms with Gasteiger partial charge in [0.1, 0.15) is 0 Å². The van der Waals surface area contributed by atoms with E-state index in [0.29, 0.717) is 17.8 Å². The van der Waals surface area contributed by atoms with E-state index in [1.54, 1.807) is 50.2 Å². The predicted molar refractivity (Wildman–Crippen MR) is 121 cm³/mol. The van der Waals surface area contributed by atoms with Crippen molar-refractivity contribution >= 4 is 0 Å². The Bertz CT molecular complexity index is 815. The maximum atomic E-state index is 2.49. The van der Waals surface area contributed by atoms with Gasteiger partial charge in [-0.1, -0.05) is 0 Å². The normalized spacial score (nSPS) is 28.9. The first-order valence-electron chi connectivity index (χ1n) is 11.0. The quantitative estimate of drug-likeness (QED) is 0.360. The van der Waals surface area contributed by atoms with Gasteiger partial charge < -0.3 is 0 Å². The molecular formula is C27H39Nd. The zero-order chi connectivity index (χ0) is 21.2. The molecule has 3 atom stereocenters. The van der Waals surface area contributed by atoms with Gasteiger partial charge in [0.25, 0.3) is 0 Å². The SMILES string of the molecule is CC1=C(C)C(C)[C]([Nd]([C]2=C(C)C(C)=C(C)C2C)[C]2=C(C)C(C)=C(C)C2C)=C1C. The molecule has 0 nitrogen and oxygen atoms in total. The molecule has 0 bridgehead atoms. The third-order valence-electron chi connectivity index (χ3n) is 8.73. The van der Waals surface area contributed by atoms with Crippen LogP contribution in [0.2, 0.25) is 0 Å². The van der Waals surface area contributed by atoms with E-state index in [0.717, 1.165) is 0 Å². The second kappa shape index (κ2) is 7.80. The summed E-state index contributed by atoms with van der Waals surface area (Å²) in [4.78, 5) is 0. The van der Waals surface area contributed by atoms with Crippen molar-refractivity contribution in [3.05, 3.63) is 53.8 Å². The van der Waals surface area contributed by atoms with E-state index in [1.165, 1.54) is 0 Å². The number of hydrogen-bond donors (Lipinski definition) is 0. The molecule has 0 aliphatic heterocycles. The molecule has 3 rings (SSSR count). The van der Waals surface area contributed by atoms with Crippen molar-refractivity contribution in [3.8, 4) is 0 Å². The van der Waals surface area contributed by atoms with Crippen molar-refractivity contribution in [3.63, 3.8) is 0 Å². The topological polar surface area (TPSA) is 0 Å². The monoisotopic (exact) mass is 505 g/mol. The van der Waals surface area contributed by atoms with Gasteiger partial charge >= 0.3 is 189 Å². The van der Waals surface area contributed by atoms with E-state index in [9.17, 15) is 0 Å². The van der Waals surface area contributed by atoms with Crippen molar-refractivity contribution in [2.75, 3.05) is 0 Å². The second-order valence-corrected chi connectivity index (χ2v) is 17.2. The molecule has 28 heavy (non-hydrogen) atoms. The van der Waals surface area contributed by atoms with Crippen molar-refractivity contribution in [2.45, 2.75) is 83.1 Å². The van der Waals surface area contributed by atoms with E-state index >= 15 is 0 Å². The van der Waals surface area contributed by atoms with Crippen LogP contribution in [0.25, 0.3) is 0 Å². The zero-order valence-corrected chi connectivity index (χ0v) is 23.4. The summed E-state index contributed by atoms with van der Waals surface area (Å²) in [5.41, 5.74) is 14.5. The van der Waals surface area contributed by atoms with Crippen LogP contribution in [0.1, 0.15) is 83.1 Å². The van der Waals surface area contributed by atoms with E-state index in [-0.39, 0.29) is 0 Å². The molecule has 3 unspecified atom stereocenters. The molecule has 0 amide bonds. The van der Waals surface area contributed by atoms with Crippen molar-refractivity contribution in [2.24, 2.45) is 17.8 Å². The summed E-state index contributed by atoms with van der Waals surface area (Å²) in [5.74, 6) is 1.89. The third kappa shape index (κ3) is 3.08. The van der Waals surface area contributed by atoms with Crippen LogP contribution < -0.4 is 0 Å². The molecule has 1 heteroatoms. The van der Waals surface area contributed by atoms with Gasteiger partial charge in [-0.25, -0.2) is 0 Å². The molecule has 0 aromatic rings. The fraction of sp³-hybridized carbons (Fsp3) is 0.556. The number of allylic oxidation sites excluding steroid dienone is 12. The molecule has 0 radical (unpaired) electrons. The Labute approximate surface area is 187 Å². The molecule has 151 valence electrons. The second-order valence-electron chi connectivity index (χ2n) is 9.58. The van der Waals surface area contributed by atoms with Crippen molar-refractivity contribution in [1.29, 1.82) is 0 Å². The van der Waals surface area contributed by atoms with Gasteiger partial charge in [-0.15, -0.1) is 0 Å². The van der Waals surface area contributed by atoms with Crippen LogP contribution in [0.5, 0.6) is 0 Å². The van der Waals surface area contributed by atoms with E-state index in [4.69, 9.17) is 0 Å². The molecule has 0 saturated heterocycles. The molecule has 0 aromatic carbocycles. The first-order valence-corrected chi connectivity index (χ1v) is 15.8. The summed E-state index contributed by atoms with van der Waals surface area (Å²) in [7, 11) is 0. The molecule has 0 spiro atoms. The van der Waals surface area contributed by atoms with Gasteiger partial charge in [0, 0.05) is 0 Å². The summed E-state index contributed by atoms with van der Waals surface area (Å²) >= 11 is -2.46. The molecular weight excluding hydrogens is 469 g/mol. The van der Waals surface area contributed by atoms with E-state index < -0.39 is 34.6 Å². The van der Waals surface area contributed by atoms with Gasteiger partial charge in [-0.05, 0) is 0 Å². The fourth-order valence-electron chi connectivity index (χ4n) is 5.74. The van der Waals surface area contributed by atoms with E-state index in [2.05, 4.69) is 83.1 Å². The van der Waals surface area contributed by atoms with Crippen LogP contribution in [0.3, 0.4) is 0 Å². The molecule has 0 fully saturated rings. The van der Waals surface area contributed by atoms with Gasteiger partial charge in [-0.2, -0.15) is 0 Å².